The molecule has 0 radical (unpaired) electrons. The first-order valence-electron chi connectivity index (χ1n) is 3.34. The van der Waals surface area contributed by atoms with E-state index in [0.29, 0.717) is 11.1 Å². The summed E-state index contributed by atoms with van der Waals surface area (Å²) >= 11 is 0. The first-order chi connectivity index (χ1) is 5.79. The zero-order valence-corrected chi connectivity index (χ0v) is 6.02. The summed E-state index contributed by atoms with van der Waals surface area (Å²) in [5, 5.41) is 8.67. The molecule has 0 bridgehead atoms. The number of hydrogen-bond donors (Lipinski definition) is 1. The number of carboxylic acids is 1. The van der Waals surface area contributed by atoms with Gasteiger partial charge in [0.2, 0.25) is 0 Å². The summed E-state index contributed by atoms with van der Waals surface area (Å²) in [4.78, 5) is 14.5. The van der Waals surface area contributed by atoms with E-state index >= 15 is 0 Å². The Hall–Kier alpha value is -1.84. The van der Waals surface area contributed by atoms with Crippen LogP contribution in [0.2, 0.25) is 0 Å². The smallest absolute Gasteiger partial charge is 0.341 e. The molecule has 1 N–H and O–H groups in total. The highest BCUT2D eigenvalue weighted by Gasteiger charge is 2.12. The van der Waals surface area contributed by atoms with Crippen molar-refractivity contribution in [3.05, 3.63) is 30.2 Å². The Labute approximate surface area is 67.4 Å². The second-order valence-electron chi connectivity index (χ2n) is 2.30. The minimum Gasteiger partial charge on any atom is -0.477 e. The second-order valence-corrected chi connectivity index (χ2v) is 2.30. The summed E-state index contributed by atoms with van der Waals surface area (Å²) in [6.45, 7) is 0. The Morgan fingerprint density at radius 3 is 3.17 bits per heavy atom. The van der Waals surface area contributed by atoms with Crippen LogP contribution in [0.4, 0.5) is 0 Å². The lowest BCUT2D eigenvalue weighted by Gasteiger charge is -1.86. The molecule has 4 nitrogen and oxygen atoms in total. The van der Waals surface area contributed by atoms with Crippen LogP contribution in [0.5, 0.6) is 0 Å². The van der Waals surface area contributed by atoms with Gasteiger partial charge in [0.25, 0.3) is 0 Å². The van der Waals surface area contributed by atoms with Gasteiger partial charge in [-0.05, 0) is 12.1 Å². The van der Waals surface area contributed by atoms with E-state index < -0.39 is 5.97 Å². The molecule has 0 amide bonds. The number of aromatic nitrogens is 1. The maximum atomic E-state index is 10.6. The van der Waals surface area contributed by atoms with Crippen molar-refractivity contribution in [1.29, 1.82) is 0 Å². The molecule has 0 spiro atoms. The SMILES string of the molecule is O=C(O)c1coc2cccnc12. The van der Waals surface area contributed by atoms with Crippen LogP contribution in [0.25, 0.3) is 11.1 Å². The molecule has 2 aromatic rings. The maximum Gasteiger partial charge on any atom is 0.341 e. The topological polar surface area (TPSA) is 63.3 Å². The van der Waals surface area contributed by atoms with Gasteiger partial charge in [-0.2, -0.15) is 0 Å². The first kappa shape index (κ1) is 6.84. The molecule has 2 aromatic heterocycles. The van der Waals surface area contributed by atoms with Crippen molar-refractivity contribution < 1.29 is 14.3 Å². The summed E-state index contributed by atoms with van der Waals surface area (Å²) in [5.74, 6) is -1.02. The van der Waals surface area contributed by atoms with Gasteiger partial charge in [0.15, 0.2) is 5.58 Å². The molecule has 4 heteroatoms. The van der Waals surface area contributed by atoms with Crippen molar-refractivity contribution in [2.75, 3.05) is 0 Å². The minimum atomic E-state index is -1.02. The van der Waals surface area contributed by atoms with E-state index in [1.165, 1.54) is 12.5 Å². The second kappa shape index (κ2) is 2.34. The zero-order valence-electron chi connectivity index (χ0n) is 6.02. The summed E-state index contributed by atoms with van der Waals surface area (Å²) in [7, 11) is 0. The monoisotopic (exact) mass is 163 g/mol. The number of nitrogens with zero attached hydrogens (tertiary/aromatic N) is 1. The molecule has 0 unspecified atom stereocenters. The predicted octanol–water partition coefficient (Wildman–Crippen LogP) is 1.53. The van der Waals surface area contributed by atoms with Gasteiger partial charge in [0, 0.05) is 6.20 Å². The van der Waals surface area contributed by atoms with E-state index in [1.54, 1.807) is 12.1 Å². The summed E-state index contributed by atoms with van der Waals surface area (Å²) < 4.78 is 4.97. The van der Waals surface area contributed by atoms with Gasteiger partial charge >= 0.3 is 5.97 Å². The largest absolute Gasteiger partial charge is 0.477 e. The molecule has 0 aliphatic rings. The number of fused-ring (bicyclic) bond motifs is 1. The standard InChI is InChI=1S/C8H5NO3/c10-8(11)5-4-12-6-2-1-3-9-7(5)6/h1-4H,(H,10,11). The number of carboxylic acid groups (broad SMARTS) is 1. The van der Waals surface area contributed by atoms with Crippen molar-refractivity contribution in [3.8, 4) is 0 Å². The van der Waals surface area contributed by atoms with Gasteiger partial charge in [0.1, 0.15) is 17.3 Å². The molecule has 0 aliphatic heterocycles. The number of pyridine rings is 1. The summed E-state index contributed by atoms with van der Waals surface area (Å²) in [5.41, 5.74) is 0.991. The molecule has 0 aliphatic carbocycles. The molecule has 12 heavy (non-hydrogen) atoms. The highest BCUT2D eigenvalue weighted by molar-refractivity contribution is 6.00. The lowest BCUT2D eigenvalue weighted by molar-refractivity contribution is 0.0698. The molecule has 0 saturated heterocycles. The Balaban J connectivity index is 2.79. The molecule has 60 valence electrons. The molecule has 2 rings (SSSR count). The normalized spacial score (nSPS) is 10.3. The Kier molecular flexibility index (Phi) is 1.33. The Morgan fingerprint density at radius 1 is 1.58 bits per heavy atom. The lowest BCUT2D eigenvalue weighted by atomic mass is 10.3. The predicted molar refractivity (Wildman–Crippen MR) is 41.0 cm³/mol. The van der Waals surface area contributed by atoms with Crippen LogP contribution in [0.3, 0.4) is 0 Å². The average Bonchev–Trinajstić information content (AvgIpc) is 2.47. The fourth-order valence-corrected chi connectivity index (χ4v) is 1.02. The van der Waals surface area contributed by atoms with Gasteiger partial charge < -0.3 is 9.52 Å². The minimum absolute atomic E-state index is 0.102. The number of furan rings is 1. The van der Waals surface area contributed by atoms with E-state index in [9.17, 15) is 4.79 Å². The first-order valence-corrected chi connectivity index (χ1v) is 3.34. The van der Waals surface area contributed by atoms with Crippen LogP contribution in [-0.2, 0) is 0 Å². The third-order valence-electron chi connectivity index (χ3n) is 1.56. The highest BCUT2D eigenvalue weighted by atomic mass is 16.4. The van der Waals surface area contributed by atoms with Crippen LogP contribution in [0.15, 0.2) is 29.0 Å². The molecular formula is C8H5NO3. The molecular weight excluding hydrogens is 158 g/mol. The van der Waals surface area contributed by atoms with E-state index in [1.807, 2.05) is 0 Å². The molecule has 0 saturated carbocycles. The van der Waals surface area contributed by atoms with Crippen LogP contribution < -0.4 is 0 Å². The highest BCUT2D eigenvalue weighted by Crippen LogP contribution is 2.17. The van der Waals surface area contributed by atoms with Crippen LogP contribution >= 0.6 is 0 Å². The van der Waals surface area contributed by atoms with Crippen molar-refractivity contribution >= 4 is 17.1 Å². The molecule has 2 heterocycles. The third kappa shape index (κ3) is 0.852. The van der Waals surface area contributed by atoms with Gasteiger partial charge in [-0.3, -0.25) is 4.98 Å². The maximum absolute atomic E-state index is 10.6. The third-order valence-corrected chi connectivity index (χ3v) is 1.56. The van der Waals surface area contributed by atoms with E-state index in [0.717, 1.165) is 0 Å². The van der Waals surface area contributed by atoms with Crippen LogP contribution in [-0.4, -0.2) is 16.1 Å². The van der Waals surface area contributed by atoms with Crippen molar-refractivity contribution in [2.45, 2.75) is 0 Å². The van der Waals surface area contributed by atoms with Gasteiger partial charge in [-0.15, -0.1) is 0 Å². The summed E-state index contributed by atoms with van der Waals surface area (Å²) in [6.07, 6.45) is 2.73. The average molecular weight is 163 g/mol. The van der Waals surface area contributed by atoms with Gasteiger partial charge in [-0.25, -0.2) is 4.79 Å². The van der Waals surface area contributed by atoms with E-state index in [-0.39, 0.29) is 5.56 Å². The molecule has 0 fully saturated rings. The number of hydrogen-bond acceptors (Lipinski definition) is 3. The lowest BCUT2D eigenvalue weighted by Crippen LogP contribution is -1.94. The number of rotatable bonds is 1. The molecule has 0 aromatic carbocycles. The molecule has 0 atom stereocenters. The van der Waals surface area contributed by atoms with Crippen LogP contribution in [0, 0.1) is 0 Å². The van der Waals surface area contributed by atoms with Crippen molar-refractivity contribution in [3.63, 3.8) is 0 Å². The number of aromatic carboxylic acids is 1. The van der Waals surface area contributed by atoms with Crippen molar-refractivity contribution in [1.82, 2.24) is 4.98 Å². The van der Waals surface area contributed by atoms with E-state index in [4.69, 9.17) is 9.52 Å². The van der Waals surface area contributed by atoms with Crippen molar-refractivity contribution in [2.24, 2.45) is 0 Å². The van der Waals surface area contributed by atoms with Gasteiger partial charge in [-0.1, -0.05) is 0 Å². The summed E-state index contributed by atoms with van der Waals surface area (Å²) in [6, 6.07) is 3.37. The number of carbonyl (C=O) groups is 1. The van der Waals surface area contributed by atoms with E-state index in [2.05, 4.69) is 4.98 Å². The Bertz CT molecular complexity index is 433. The Morgan fingerprint density at radius 2 is 2.42 bits per heavy atom. The van der Waals surface area contributed by atoms with Gasteiger partial charge in [0.05, 0.1) is 0 Å². The fraction of sp³-hybridized carbons (Fsp3) is 0. The zero-order chi connectivity index (χ0) is 8.55. The fourth-order valence-electron chi connectivity index (χ4n) is 1.02. The van der Waals surface area contributed by atoms with Crippen LogP contribution in [0.1, 0.15) is 10.4 Å². The quantitative estimate of drug-likeness (QED) is 0.692.